The van der Waals surface area contributed by atoms with Gasteiger partial charge in [0, 0.05) is 5.54 Å². The highest BCUT2D eigenvalue weighted by Crippen LogP contribution is 2.31. The molecule has 0 heterocycles. The number of nitrogens with one attached hydrogen (secondary N) is 1. The van der Waals surface area contributed by atoms with Gasteiger partial charge in [-0.3, -0.25) is 10.1 Å². The smallest absolute Gasteiger partial charge is 0.322 e. The van der Waals surface area contributed by atoms with Crippen LogP contribution in [0.5, 0.6) is 0 Å². The molecule has 0 bridgehead atoms. The van der Waals surface area contributed by atoms with Crippen molar-refractivity contribution >= 4 is 5.97 Å². The van der Waals surface area contributed by atoms with Crippen molar-refractivity contribution in [2.75, 3.05) is 6.61 Å². The van der Waals surface area contributed by atoms with Crippen molar-refractivity contribution in [3.05, 3.63) is 0 Å². The molecule has 1 N–H and O–H groups in total. The van der Waals surface area contributed by atoms with Crippen molar-refractivity contribution in [3.8, 4) is 0 Å². The van der Waals surface area contributed by atoms with Gasteiger partial charge in [-0.25, -0.2) is 0 Å². The van der Waals surface area contributed by atoms with Gasteiger partial charge < -0.3 is 4.74 Å². The monoisotopic (exact) mass is 185 g/mol. The zero-order valence-electron chi connectivity index (χ0n) is 8.72. The summed E-state index contributed by atoms with van der Waals surface area (Å²) in [6.07, 6.45) is 3.59. The summed E-state index contributed by atoms with van der Waals surface area (Å²) in [4.78, 5) is 11.3. The normalized spacial score (nSPS) is 21.8. The Morgan fingerprint density at radius 3 is 2.62 bits per heavy atom. The summed E-state index contributed by atoms with van der Waals surface area (Å²) in [7, 11) is 0. The second-order valence-electron chi connectivity index (χ2n) is 4.03. The molecule has 0 aliphatic heterocycles. The standard InChI is InChI=1S/C10H19NO2/c1-4-13-9(12)8(2)11-10(3)6-5-7-10/h8,11H,4-7H2,1-3H3. The lowest BCUT2D eigenvalue weighted by atomic mass is 9.78. The lowest BCUT2D eigenvalue weighted by molar-refractivity contribution is -0.146. The quantitative estimate of drug-likeness (QED) is 0.674. The molecule has 0 aromatic rings. The fraction of sp³-hybridized carbons (Fsp3) is 0.900. The maximum absolute atomic E-state index is 11.3. The summed E-state index contributed by atoms with van der Waals surface area (Å²) in [5, 5.41) is 3.30. The Labute approximate surface area is 79.8 Å². The number of carbonyl (C=O) groups is 1. The van der Waals surface area contributed by atoms with Gasteiger partial charge in [0.25, 0.3) is 0 Å². The van der Waals surface area contributed by atoms with Gasteiger partial charge in [-0.1, -0.05) is 0 Å². The van der Waals surface area contributed by atoms with Gasteiger partial charge in [-0.15, -0.1) is 0 Å². The fourth-order valence-corrected chi connectivity index (χ4v) is 1.70. The number of esters is 1. The van der Waals surface area contributed by atoms with Gasteiger partial charge in [-0.05, 0) is 40.0 Å². The van der Waals surface area contributed by atoms with E-state index in [1.165, 1.54) is 6.42 Å². The van der Waals surface area contributed by atoms with E-state index in [4.69, 9.17) is 4.74 Å². The number of hydrogen-bond acceptors (Lipinski definition) is 3. The molecule has 3 nitrogen and oxygen atoms in total. The fourth-order valence-electron chi connectivity index (χ4n) is 1.70. The third-order valence-electron chi connectivity index (χ3n) is 2.66. The van der Waals surface area contributed by atoms with Crippen molar-refractivity contribution in [2.45, 2.75) is 51.6 Å². The van der Waals surface area contributed by atoms with E-state index in [0.717, 1.165) is 12.8 Å². The van der Waals surface area contributed by atoms with Crippen molar-refractivity contribution in [3.63, 3.8) is 0 Å². The molecule has 0 spiro atoms. The molecular weight excluding hydrogens is 166 g/mol. The van der Waals surface area contributed by atoms with Gasteiger partial charge in [0.1, 0.15) is 6.04 Å². The van der Waals surface area contributed by atoms with E-state index in [-0.39, 0.29) is 17.6 Å². The first-order valence-electron chi connectivity index (χ1n) is 5.02. The Balaban J connectivity index is 2.31. The highest BCUT2D eigenvalue weighted by molar-refractivity contribution is 5.75. The van der Waals surface area contributed by atoms with Crippen LogP contribution in [0.4, 0.5) is 0 Å². The van der Waals surface area contributed by atoms with Crippen molar-refractivity contribution in [1.82, 2.24) is 5.32 Å². The highest BCUT2D eigenvalue weighted by atomic mass is 16.5. The van der Waals surface area contributed by atoms with Crippen molar-refractivity contribution in [2.24, 2.45) is 0 Å². The molecule has 0 aromatic carbocycles. The first kappa shape index (κ1) is 10.5. The van der Waals surface area contributed by atoms with Gasteiger partial charge in [0.2, 0.25) is 0 Å². The molecule has 0 amide bonds. The molecule has 0 saturated heterocycles. The topological polar surface area (TPSA) is 38.3 Å². The van der Waals surface area contributed by atoms with Crippen LogP contribution in [0.15, 0.2) is 0 Å². The Morgan fingerprint density at radius 2 is 2.23 bits per heavy atom. The SMILES string of the molecule is CCOC(=O)C(C)NC1(C)CCC1. The average Bonchev–Trinajstić information content (AvgIpc) is 2.02. The summed E-state index contributed by atoms with van der Waals surface area (Å²) in [5.41, 5.74) is 0.173. The van der Waals surface area contributed by atoms with Crippen LogP contribution in [-0.4, -0.2) is 24.2 Å². The second kappa shape index (κ2) is 4.09. The van der Waals surface area contributed by atoms with E-state index in [2.05, 4.69) is 12.2 Å². The summed E-state index contributed by atoms with van der Waals surface area (Å²) in [6.45, 7) is 6.31. The Kier molecular flexibility index (Phi) is 3.31. The van der Waals surface area contributed by atoms with E-state index < -0.39 is 0 Å². The molecule has 1 unspecified atom stereocenters. The maximum atomic E-state index is 11.3. The highest BCUT2D eigenvalue weighted by Gasteiger charge is 2.34. The molecule has 76 valence electrons. The van der Waals surface area contributed by atoms with Crippen LogP contribution >= 0.6 is 0 Å². The molecular formula is C10H19NO2. The first-order valence-corrected chi connectivity index (χ1v) is 5.02. The molecule has 0 aromatic heterocycles. The summed E-state index contributed by atoms with van der Waals surface area (Å²) in [6, 6.07) is -0.176. The number of ether oxygens (including phenoxy) is 1. The Bertz CT molecular complexity index is 187. The van der Waals surface area contributed by atoms with E-state index in [9.17, 15) is 4.79 Å². The first-order chi connectivity index (χ1) is 6.07. The minimum atomic E-state index is -0.176. The minimum absolute atomic E-state index is 0.143. The van der Waals surface area contributed by atoms with Crippen LogP contribution in [0.1, 0.15) is 40.0 Å². The zero-order valence-corrected chi connectivity index (χ0v) is 8.72. The van der Waals surface area contributed by atoms with E-state index >= 15 is 0 Å². The Hall–Kier alpha value is -0.570. The lowest BCUT2D eigenvalue weighted by Crippen LogP contribution is -2.54. The summed E-state index contributed by atoms with van der Waals surface area (Å²) < 4.78 is 4.92. The van der Waals surface area contributed by atoms with Gasteiger partial charge >= 0.3 is 5.97 Å². The molecule has 0 radical (unpaired) electrons. The lowest BCUT2D eigenvalue weighted by Gasteiger charge is -2.41. The molecule has 1 aliphatic rings. The van der Waals surface area contributed by atoms with Gasteiger partial charge in [0.05, 0.1) is 6.61 Å². The van der Waals surface area contributed by atoms with Crippen molar-refractivity contribution in [1.29, 1.82) is 0 Å². The summed E-state index contributed by atoms with van der Waals surface area (Å²) in [5.74, 6) is -0.143. The molecule has 13 heavy (non-hydrogen) atoms. The number of rotatable bonds is 4. The van der Waals surface area contributed by atoms with Crippen LogP contribution in [0.25, 0.3) is 0 Å². The molecule has 3 heteroatoms. The number of hydrogen-bond donors (Lipinski definition) is 1. The largest absolute Gasteiger partial charge is 0.465 e. The van der Waals surface area contributed by atoms with E-state index in [1.54, 1.807) is 0 Å². The second-order valence-corrected chi connectivity index (χ2v) is 4.03. The molecule has 1 aliphatic carbocycles. The number of carbonyl (C=O) groups excluding carboxylic acids is 1. The van der Waals surface area contributed by atoms with Crippen LogP contribution in [-0.2, 0) is 9.53 Å². The van der Waals surface area contributed by atoms with Crippen molar-refractivity contribution < 1.29 is 9.53 Å². The summed E-state index contributed by atoms with van der Waals surface area (Å²) >= 11 is 0. The Morgan fingerprint density at radius 1 is 1.62 bits per heavy atom. The predicted octanol–water partition coefficient (Wildman–Crippen LogP) is 1.47. The zero-order chi connectivity index (χ0) is 9.90. The molecule has 1 atom stereocenters. The minimum Gasteiger partial charge on any atom is -0.465 e. The predicted molar refractivity (Wildman–Crippen MR) is 51.5 cm³/mol. The van der Waals surface area contributed by atoms with Crippen LogP contribution in [0.2, 0.25) is 0 Å². The third-order valence-corrected chi connectivity index (χ3v) is 2.66. The molecule has 1 rings (SSSR count). The van der Waals surface area contributed by atoms with Crippen LogP contribution in [0, 0.1) is 0 Å². The van der Waals surface area contributed by atoms with Gasteiger partial charge in [0.15, 0.2) is 0 Å². The van der Waals surface area contributed by atoms with Gasteiger partial charge in [-0.2, -0.15) is 0 Å². The van der Waals surface area contributed by atoms with E-state index in [1.807, 2.05) is 13.8 Å². The molecule has 1 fully saturated rings. The maximum Gasteiger partial charge on any atom is 0.322 e. The molecule has 1 saturated carbocycles. The van der Waals surface area contributed by atoms with Crippen LogP contribution < -0.4 is 5.32 Å². The average molecular weight is 185 g/mol. The van der Waals surface area contributed by atoms with Crippen LogP contribution in [0.3, 0.4) is 0 Å². The van der Waals surface area contributed by atoms with E-state index in [0.29, 0.717) is 6.61 Å². The third kappa shape index (κ3) is 2.69.